The second-order valence-corrected chi connectivity index (χ2v) is 6.44. The summed E-state index contributed by atoms with van der Waals surface area (Å²) < 4.78 is 7.39. The number of aryl methyl sites for hydroxylation is 1. The number of hydrogen-bond acceptors (Lipinski definition) is 3. The second kappa shape index (κ2) is 5.66. The molecule has 3 rings (SSSR count). The van der Waals surface area contributed by atoms with Gasteiger partial charge in [0.2, 0.25) is 0 Å². The molecular formula is C16H12Br2N2O. The van der Waals surface area contributed by atoms with Gasteiger partial charge in [0, 0.05) is 20.1 Å². The number of hydrogen-bond donors (Lipinski definition) is 1. The zero-order valence-electron chi connectivity index (χ0n) is 11.2. The number of aromatic nitrogens is 1. The summed E-state index contributed by atoms with van der Waals surface area (Å²) in [5, 5.41) is 3.94. The summed E-state index contributed by atoms with van der Waals surface area (Å²) in [6.45, 7) is 2.04. The highest BCUT2D eigenvalue weighted by atomic mass is 79.9. The highest BCUT2D eigenvalue weighted by molar-refractivity contribution is 9.11. The summed E-state index contributed by atoms with van der Waals surface area (Å²) in [6.07, 6.45) is 0. The van der Waals surface area contributed by atoms with Crippen molar-refractivity contribution >= 4 is 37.7 Å². The first-order valence-electron chi connectivity index (χ1n) is 6.34. The van der Waals surface area contributed by atoms with Crippen LogP contribution in [0.1, 0.15) is 5.56 Å². The summed E-state index contributed by atoms with van der Waals surface area (Å²) >= 11 is 7.12. The molecule has 0 saturated heterocycles. The number of benzene rings is 2. The molecule has 2 N–H and O–H groups in total. The van der Waals surface area contributed by atoms with Crippen LogP contribution < -0.4 is 5.73 Å². The molecule has 0 atom stereocenters. The van der Waals surface area contributed by atoms with Gasteiger partial charge in [-0.1, -0.05) is 66.8 Å². The number of nitrogen functional groups attached to an aromatic ring is 1. The van der Waals surface area contributed by atoms with Crippen molar-refractivity contribution in [2.24, 2.45) is 0 Å². The fraction of sp³-hybridized carbons (Fsp3) is 0.0625. The van der Waals surface area contributed by atoms with Crippen LogP contribution >= 0.6 is 31.9 Å². The highest BCUT2D eigenvalue weighted by Crippen LogP contribution is 2.42. The molecule has 5 heteroatoms. The zero-order valence-corrected chi connectivity index (χ0v) is 14.4. The number of nitrogens with zero attached hydrogens (tertiary/aromatic N) is 1. The lowest BCUT2D eigenvalue weighted by atomic mass is 10.0. The topological polar surface area (TPSA) is 52.0 Å². The smallest absolute Gasteiger partial charge is 0.178 e. The molecule has 3 aromatic rings. The van der Waals surface area contributed by atoms with Crippen LogP contribution in [0.4, 0.5) is 5.82 Å². The molecule has 3 nitrogen and oxygen atoms in total. The van der Waals surface area contributed by atoms with Crippen molar-refractivity contribution in [2.45, 2.75) is 6.92 Å². The van der Waals surface area contributed by atoms with E-state index in [2.05, 4.69) is 37.0 Å². The van der Waals surface area contributed by atoms with E-state index < -0.39 is 0 Å². The van der Waals surface area contributed by atoms with Crippen molar-refractivity contribution in [1.82, 2.24) is 5.16 Å². The Morgan fingerprint density at radius 3 is 2.48 bits per heavy atom. The fourth-order valence-corrected chi connectivity index (χ4v) is 3.13. The molecular weight excluding hydrogens is 396 g/mol. The lowest BCUT2D eigenvalue weighted by molar-refractivity contribution is 0.436. The normalized spacial score (nSPS) is 10.8. The number of nitrogens with two attached hydrogens (primary N) is 1. The monoisotopic (exact) mass is 406 g/mol. The molecule has 0 aliphatic carbocycles. The van der Waals surface area contributed by atoms with Gasteiger partial charge in [-0.05, 0) is 25.1 Å². The molecule has 0 spiro atoms. The Morgan fingerprint density at radius 2 is 1.71 bits per heavy atom. The van der Waals surface area contributed by atoms with Crippen LogP contribution in [0.3, 0.4) is 0 Å². The third-order valence-electron chi connectivity index (χ3n) is 3.23. The molecule has 0 aliphatic rings. The number of anilines is 1. The van der Waals surface area contributed by atoms with Crippen LogP contribution in [0.2, 0.25) is 0 Å². The van der Waals surface area contributed by atoms with Crippen molar-refractivity contribution in [1.29, 1.82) is 0 Å². The van der Waals surface area contributed by atoms with Gasteiger partial charge in [0.25, 0.3) is 0 Å². The van der Waals surface area contributed by atoms with Crippen LogP contribution in [-0.4, -0.2) is 5.16 Å². The van der Waals surface area contributed by atoms with Crippen molar-refractivity contribution < 1.29 is 4.52 Å². The molecule has 1 aromatic heterocycles. The fourth-order valence-electron chi connectivity index (χ4n) is 2.22. The Kier molecular flexibility index (Phi) is 3.87. The van der Waals surface area contributed by atoms with Gasteiger partial charge in [-0.15, -0.1) is 0 Å². The van der Waals surface area contributed by atoms with Gasteiger partial charge >= 0.3 is 0 Å². The summed E-state index contributed by atoms with van der Waals surface area (Å²) in [4.78, 5) is 0. The maximum absolute atomic E-state index is 6.03. The van der Waals surface area contributed by atoms with E-state index in [1.807, 2.05) is 49.4 Å². The highest BCUT2D eigenvalue weighted by Gasteiger charge is 2.21. The molecule has 106 valence electrons. The first-order chi connectivity index (χ1) is 10.1. The molecule has 0 bridgehead atoms. The van der Waals surface area contributed by atoms with Gasteiger partial charge in [0.05, 0.1) is 5.56 Å². The van der Waals surface area contributed by atoms with Gasteiger partial charge in [0.15, 0.2) is 11.6 Å². The SMILES string of the molecule is Cc1ccc(Br)c(-c2onc(N)c2-c2ccccc2Br)c1. The van der Waals surface area contributed by atoms with E-state index in [4.69, 9.17) is 10.3 Å². The largest absolute Gasteiger partial charge is 0.380 e. The molecule has 0 aliphatic heterocycles. The van der Waals surface area contributed by atoms with Crippen LogP contribution in [0, 0.1) is 6.92 Å². The Balaban J connectivity index is 2.27. The van der Waals surface area contributed by atoms with Crippen molar-refractivity contribution in [2.75, 3.05) is 5.73 Å². The van der Waals surface area contributed by atoms with Crippen molar-refractivity contribution in [3.05, 3.63) is 57.0 Å². The number of rotatable bonds is 2. The van der Waals surface area contributed by atoms with Crippen LogP contribution in [0.15, 0.2) is 55.9 Å². The van der Waals surface area contributed by atoms with E-state index >= 15 is 0 Å². The Morgan fingerprint density at radius 1 is 1.00 bits per heavy atom. The molecule has 0 radical (unpaired) electrons. The van der Waals surface area contributed by atoms with Gasteiger partial charge in [0.1, 0.15) is 0 Å². The predicted octanol–water partition coefficient (Wildman–Crippen LogP) is 5.42. The van der Waals surface area contributed by atoms with Crippen molar-refractivity contribution in [3.8, 4) is 22.5 Å². The molecule has 1 heterocycles. The summed E-state index contributed by atoms with van der Waals surface area (Å²) in [7, 11) is 0. The van der Waals surface area contributed by atoms with E-state index in [1.54, 1.807) is 0 Å². The molecule has 0 saturated carbocycles. The molecule has 0 amide bonds. The first-order valence-corrected chi connectivity index (χ1v) is 7.93. The first kappa shape index (κ1) is 14.4. The maximum atomic E-state index is 6.03. The molecule has 21 heavy (non-hydrogen) atoms. The van der Waals surface area contributed by atoms with E-state index in [1.165, 1.54) is 0 Å². The van der Waals surface area contributed by atoms with Gasteiger partial charge in [-0.25, -0.2) is 0 Å². The van der Waals surface area contributed by atoms with Gasteiger partial charge < -0.3 is 10.3 Å². The zero-order chi connectivity index (χ0) is 15.0. The minimum absolute atomic E-state index is 0.380. The van der Waals surface area contributed by atoms with Crippen molar-refractivity contribution in [3.63, 3.8) is 0 Å². The molecule has 0 unspecified atom stereocenters. The number of halogens is 2. The minimum atomic E-state index is 0.380. The lowest BCUT2D eigenvalue weighted by Gasteiger charge is -2.07. The third kappa shape index (κ3) is 2.63. The Bertz CT molecular complexity index is 812. The second-order valence-electron chi connectivity index (χ2n) is 4.74. The lowest BCUT2D eigenvalue weighted by Crippen LogP contribution is -1.90. The van der Waals surface area contributed by atoms with Crippen LogP contribution in [0.5, 0.6) is 0 Å². The average Bonchev–Trinajstić information content (AvgIpc) is 2.84. The van der Waals surface area contributed by atoms with E-state index in [9.17, 15) is 0 Å². The summed E-state index contributed by atoms with van der Waals surface area (Å²) in [5.41, 5.74) is 9.86. The van der Waals surface area contributed by atoms with Gasteiger partial charge in [-0.3, -0.25) is 0 Å². The maximum Gasteiger partial charge on any atom is 0.178 e. The summed E-state index contributed by atoms with van der Waals surface area (Å²) in [5.74, 6) is 1.04. The van der Waals surface area contributed by atoms with Gasteiger partial charge in [-0.2, -0.15) is 0 Å². The molecule has 0 fully saturated rings. The standard InChI is InChI=1S/C16H12Br2N2O/c1-9-6-7-13(18)11(8-9)15-14(16(19)20-21-15)10-4-2-3-5-12(10)17/h2-8H,1H3,(H2,19,20). The van der Waals surface area contributed by atoms with E-state index in [0.29, 0.717) is 11.6 Å². The Hall–Kier alpha value is -1.59. The van der Waals surface area contributed by atoms with E-state index in [-0.39, 0.29) is 0 Å². The summed E-state index contributed by atoms with van der Waals surface area (Å²) in [6, 6.07) is 13.9. The third-order valence-corrected chi connectivity index (χ3v) is 4.61. The molecule has 2 aromatic carbocycles. The van der Waals surface area contributed by atoms with Crippen LogP contribution in [0.25, 0.3) is 22.5 Å². The quantitative estimate of drug-likeness (QED) is 0.616. The Labute approximate surface area is 139 Å². The predicted molar refractivity (Wildman–Crippen MR) is 91.9 cm³/mol. The minimum Gasteiger partial charge on any atom is -0.380 e. The van der Waals surface area contributed by atoms with Crippen LogP contribution in [-0.2, 0) is 0 Å². The van der Waals surface area contributed by atoms with E-state index in [0.717, 1.165) is 31.2 Å². The average molecular weight is 408 g/mol.